The van der Waals surface area contributed by atoms with Crippen LogP contribution in [0.4, 0.5) is 11.5 Å². The largest absolute Gasteiger partial charge is 0.366 e. The lowest BCUT2D eigenvalue weighted by molar-refractivity contribution is -0.385. The molecule has 23 heavy (non-hydrogen) atoms. The third-order valence-corrected chi connectivity index (χ3v) is 3.47. The molecule has 7 nitrogen and oxygen atoms in total. The maximum Gasteiger partial charge on any atom is 0.290 e. The van der Waals surface area contributed by atoms with Gasteiger partial charge in [-0.2, -0.15) is 0 Å². The number of aromatic nitrogens is 3. The number of benzene rings is 1. The molecule has 0 aliphatic carbocycles. The molecule has 0 unspecified atom stereocenters. The van der Waals surface area contributed by atoms with Crippen LogP contribution in [-0.2, 0) is 6.54 Å². The maximum absolute atomic E-state index is 10.8. The zero-order valence-corrected chi connectivity index (χ0v) is 12.5. The molecule has 0 fully saturated rings. The Morgan fingerprint density at radius 1 is 1.35 bits per heavy atom. The SMILES string of the molecule is Cc1cc(NCc2cccc(-n3ccnc3)c2)ncc1[N+](=O)[O-]. The van der Waals surface area contributed by atoms with Gasteiger partial charge in [0.15, 0.2) is 0 Å². The zero-order valence-electron chi connectivity index (χ0n) is 12.5. The van der Waals surface area contributed by atoms with Crippen molar-refractivity contribution in [3.05, 3.63) is 76.5 Å². The van der Waals surface area contributed by atoms with Crippen LogP contribution in [0.15, 0.2) is 55.2 Å². The fraction of sp³-hybridized carbons (Fsp3) is 0.125. The molecule has 0 aliphatic rings. The fourth-order valence-electron chi connectivity index (χ4n) is 2.27. The van der Waals surface area contributed by atoms with Gasteiger partial charge in [-0.1, -0.05) is 12.1 Å². The highest BCUT2D eigenvalue weighted by atomic mass is 16.6. The van der Waals surface area contributed by atoms with Gasteiger partial charge in [0.2, 0.25) is 0 Å². The predicted octanol–water partition coefficient (Wildman–Crippen LogP) is 3.10. The van der Waals surface area contributed by atoms with E-state index in [1.807, 2.05) is 35.0 Å². The van der Waals surface area contributed by atoms with Crippen molar-refractivity contribution in [2.45, 2.75) is 13.5 Å². The first-order valence-corrected chi connectivity index (χ1v) is 7.05. The van der Waals surface area contributed by atoms with Crippen molar-refractivity contribution in [3.63, 3.8) is 0 Å². The Bertz CT molecular complexity index is 830. The topological polar surface area (TPSA) is 85.9 Å². The molecule has 2 heterocycles. The van der Waals surface area contributed by atoms with Crippen LogP contribution in [0.5, 0.6) is 0 Å². The van der Waals surface area contributed by atoms with Gasteiger partial charge < -0.3 is 9.88 Å². The van der Waals surface area contributed by atoms with Gasteiger partial charge >= 0.3 is 0 Å². The minimum absolute atomic E-state index is 0.0256. The van der Waals surface area contributed by atoms with Gasteiger partial charge in [0.1, 0.15) is 12.0 Å². The third-order valence-electron chi connectivity index (χ3n) is 3.47. The summed E-state index contributed by atoms with van der Waals surface area (Å²) in [4.78, 5) is 18.5. The number of hydrogen-bond acceptors (Lipinski definition) is 5. The van der Waals surface area contributed by atoms with Crippen molar-refractivity contribution in [2.24, 2.45) is 0 Å². The van der Waals surface area contributed by atoms with E-state index in [-0.39, 0.29) is 5.69 Å². The molecule has 2 aromatic heterocycles. The normalized spacial score (nSPS) is 10.5. The van der Waals surface area contributed by atoms with Gasteiger partial charge in [-0.15, -0.1) is 0 Å². The first-order chi connectivity index (χ1) is 11.1. The van der Waals surface area contributed by atoms with E-state index in [1.54, 1.807) is 25.5 Å². The van der Waals surface area contributed by atoms with Gasteiger partial charge in [-0.25, -0.2) is 9.97 Å². The van der Waals surface area contributed by atoms with Gasteiger partial charge in [-0.05, 0) is 30.7 Å². The van der Waals surface area contributed by atoms with Gasteiger partial charge in [0, 0.05) is 30.2 Å². The first kappa shape index (κ1) is 14.7. The molecule has 0 amide bonds. The van der Waals surface area contributed by atoms with E-state index < -0.39 is 4.92 Å². The second kappa shape index (κ2) is 6.27. The molecule has 1 N–H and O–H groups in total. The average molecular weight is 309 g/mol. The molecule has 7 heteroatoms. The summed E-state index contributed by atoms with van der Waals surface area (Å²) < 4.78 is 1.93. The van der Waals surface area contributed by atoms with Crippen molar-refractivity contribution >= 4 is 11.5 Å². The molecule has 0 bridgehead atoms. The molecule has 0 saturated heterocycles. The molecular formula is C16H15N5O2. The quantitative estimate of drug-likeness (QED) is 0.578. The van der Waals surface area contributed by atoms with Crippen molar-refractivity contribution < 1.29 is 4.92 Å². The van der Waals surface area contributed by atoms with E-state index >= 15 is 0 Å². The van der Waals surface area contributed by atoms with Crippen LogP contribution in [0.25, 0.3) is 5.69 Å². The Balaban J connectivity index is 1.72. The lowest BCUT2D eigenvalue weighted by atomic mass is 10.2. The molecular weight excluding hydrogens is 294 g/mol. The second-order valence-corrected chi connectivity index (χ2v) is 5.11. The van der Waals surface area contributed by atoms with Crippen LogP contribution in [0, 0.1) is 17.0 Å². The van der Waals surface area contributed by atoms with E-state index in [4.69, 9.17) is 0 Å². The summed E-state index contributed by atoms with van der Waals surface area (Å²) in [5.41, 5.74) is 2.71. The van der Waals surface area contributed by atoms with E-state index in [2.05, 4.69) is 15.3 Å². The highest BCUT2D eigenvalue weighted by Gasteiger charge is 2.11. The summed E-state index contributed by atoms with van der Waals surface area (Å²) in [6, 6.07) is 9.71. The summed E-state index contributed by atoms with van der Waals surface area (Å²) >= 11 is 0. The molecule has 1 aromatic carbocycles. The monoisotopic (exact) mass is 309 g/mol. The predicted molar refractivity (Wildman–Crippen MR) is 86.5 cm³/mol. The molecule has 3 rings (SSSR count). The molecule has 0 atom stereocenters. The van der Waals surface area contributed by atoms with Crippen molar-refractivity contribution in [2.75, 3.05) is 5.32 Å². The van der Waals surface area contributed by atoms with Gasteiger partial charge in [-0.3, -0.25) is 10.1 Å². The molecule has 0 spiro atoms. The van der Waals surface area contributed by atoms with Crippen LogP contribution in [-0.4, -0.2) is 19.5 Å². The van der Waals surface area contributed by atoms with Crippen molar-refractivity contribution in [1.82, 2.24) is 14.5 Å². The zero-order chi connectivity index (χ0) is 16.2. The number of hydrogen-bond donors (Lipinski definition) is 1. The van der Waals surface area contributed by atoms with E-state index in [1.165, 1.54) is 6.20 Å². The standard InChI is InChI=1S/C16H15N5O2/c1-12-7-16(19-10-15(12)21(22)23)18-9-13-3-2-4-14(8-13)20-6-5-17-11-20/h2-8,10-11H,9H2,1H3,(H,18,19). The van der Waals surface area contributed by atoms with Crippen LogP contribution >= 0.6 is 0 Å². The maximum atomic E-state index is 10.8. The molecule has 0 saturated carbocycles. The summed E-state index contributed by atoms with van der Waals surface area (Å²) in [6.07, 6.45) is 6.63. The Kier molecular flexibility index (Phi) is 4.01. The summed E-state index contributed by atoms with van der Waals surface area (Å²) in [7, 11) is 0. The van der Waals surface area contributed by atoms with Crippen LogP contribution in [0.1, 0.15) is 11.1 Å². The van der Waals surface area contributed by atoms with Crippen molar-refractivity contribution in [3.8, 4) is 5.69 Å². The fourth-order valence-corrected chi connectivity index (χ4v) is 2.27. The number of pyridine rings is 1. The number of anilines is 1. The van der Waals surface area contributed by atoms with Crippen molar-refractivity contribution in [1.29, 1.82) is 0 Å². The number of aryl methyl sites for hydroxylation is 1. The van der Waals surface area contributed by atoms with Crippen LogP contribution in [0.3, 0.4) is 0 Å². The summed E-state index contributed by atoms with van der Waals surface area (Å²) in [6.45, 7) is 2.28. The van der Waals surface area contributed by atoms with Crippen LogP contribution < -0.4 is 5.32 Å². The highest BCUT2D eigenvalue weighted by Crippen LogP contribution is 2.19. The lowest BCUT2D eigenvalue weighted by Gasteiger charge is -2.08. The molecule has 0 aliphatic heterocycles. The van der Waals surface area contributed by atoms with E-state index in [0.717, 1.165) is 11.3 Å². The number of imidazole rings is 1. The minimum Gasteiger partial charge on any atom is -0.366 e. The van der Waals surface area contributed by atoms with Crippen LogP contribution in [0.2, 0.25) is 0 Å². The minimum atomic E-state index is -0.430. The third kappa shape index (κ3) is 3.34. The smallest absolute Gasteiger partial charge is 0.290 e. The van der Waals surface area contributed by atoms with Gasteiger partial charge in [0.05, 0.1) is 11.3 Å². The first-order valence-electron chi connectivity index (χ1n) is 7.05. The Morgan fingerprint density at radius 3 is 2.91 bits per heavy atom. The number of nitro groups is 1. The molecule has 116 valence electrons. The Morgan fingerprint density at radius 2 is 2.22 bits per heavy atom. The average Bonchev–Trinajstić information content (AvgIpc) is 3.07. The number of nitrogens with zero attached hydrogens (tertiary/aromatic N) is 4. The second-order valence-electron chi connectivity index (χ2n) is 5.11. The Hall–Kier alpha value is -3.22. The lowest BCUT2D eigenvalue weighted by Crippen LogP contribution is -2.03. The van der Waals surface area contributed by atoms with E-state index in [9.17, 15) is 10.1 Å². The summed E-state index contributed by atoms with van der Waals surface area (Å²) in [5, 5.41) is 14.0. The Labute approximate surface area is 132 Å². The van der Waals surface area contributed by atoms with E-state index in [0.29, 0.717) is 17.9 Å². The molecule has 3 aromatic rings. The highest BCUT2D eigenvalue weighted by molar-refractivity contribution is 5.47. The number of nitrogens with one attached hydrogen (secondary N) is 1. The summed E-state index contributed by atoms with van der Waals surface area (Å²) in [5.74, 6) is 0.612. The molecule has 0 radical (unpaired) electrons. The van der Waals surface area contributed by atoms with Gasteiger partial charge in [0.25, 0.3) is 5.69 Å². The number of rotatable bonds is 5.